The van der Waals surface area contributed by atoms with E-state index in [1.807, 2.05) is 58.0 Å². The molecule has 0 atom stereocenters. The minimum absolute atomic E-state index is 0.216. The van der Waals surface area contributed by atoms with Gasteiger partial charge in [0.2, 0.25) is 5.88 Å². The maximum Gasteiger partial charge on any atom is 0.201 e. The van der Waals surface area contributed by atoms with Gasteiger partial charge in [0.1, 0.15) is 5.65 Å². The Morgan fingerprint density at radius 3 is 2.96 bits per heavy atom. The number of hydrogen-bond donors (Lipinski definition) is 2. The zero-order valence-corrected chi connectivity index (χ0v) is 13.9. The number of aromatic amines is 1. The second-order valence-corrected chi connectivity index (χ2v) is 6.20. The number of aromatic hydroxyl groups is 1. The first-order valence-corrected chi connectivity index (χ1v) is 8.38. The second-order valence-electron chi connectivity index (χ2n) is 6.20. The van der Waals surface area contributed by atoms with Crippen LogP contribution in [0.4, 0.5) is 0 Å². The van der Waals surface area contributed by atoms with Gasteiger partial charge in [0.15, 0.2) is 0 Å². The monoisotopic (exact) mass is 344 g/mol. The van der Waals surface area contributed by atoms with E-state index in [0.717, 1.165) is 39.8 Å². The summed E-state index contributed by atoms with van der Waals surface area (Å²) in [4.78, 5) is 9.00. The van der Waals surface area contributed by atoms with Gasteiger partial charge in [0.05, 0.1) is 22.8 Å². The third-order valence-electron chi connectivity index (χ3n) is 4.59. The zero-order valence-electron chi connectivity index (χ0n) is 13.9. The highest BCUT2D eigenvalue weighted by atomic mass is 16.3. The van der Waals surface area contributed by atoms with Crippen LogP contribution in [0.25, 0.3) is 27.7 Å². The fraction of sp³-hybridized carbons (Fsp3) is 0.105. The third-order valence-corrected chi connectivity index (χ3v) is 4.59. The SMILES string of the molecule is Oc1c2c(-c3cn[nH]c3)ccnc2cn1CCc1cn2ccccc2n1. The molecule has 0 spiro atoms. The van der Waals surface area contributed by atoms with Gasteiger partial charge in [-0.2, -0.15) is 5.10 Å². The normalized spacial score (nSPS) is 11.5. The summed E-state index contributed by atoms with van der Waals surface area (Å²) in [5.41, 5.74) is 4.50. The summed E-state index contributed by atoms with van der Waals surface area (Å²) in [6.07, 6.45) is 11.9. The summed E-state index contributed by atoms with van der Waals surface area (Å²) < 4.78 is 3.82. The zero-order chi connectivity index (χ0) is 17.5. The number of H-pyrrole nitrogens is 1. The first-order chi connectivity index (χ1) is 12.8. The maximum atomic E-state index is 10.8. The molecule has 0 saturated carbocycles. The molecule has 0 bridgehead atoms. The molecule has 0 amide bonds. The number of hydrogen-bond acceptors (Lipinski definition) is 4. The Morgan fingerprint density at radius 2 is 2.12 bits per heavy atom. The highest BCUT2D eigenvalue weighted by molar-refractivity contribution is 5.98. The number of nitrogens with zero attached hydrogens (tertiary/aromatic N) is 5. The van der Waals surface area contributed by atoms with Crippen LogP contribution in [0.15, 0.2) is 61.4 Å². The van der Waals surface area contributed by atoms with E-state index in [-0.39, 0.29) is 5.88 Å². The Kier molecular flexibility index (Phi) is 3.24. The van der Waals surface area contributed by atoms with Crippen molar-refractivity contribution in [2.75, 3.05) is 0 Å². The van der Waals surface area contributed by atoms with E-state index >= 15 is 0 Å². The molecule has 7 heteroatoms. The molecule has 128 valence electrons. The third kappa shape index (κ3) is 2.33. The minimum atomic E-state index is 0.216. The van der Waals surface area contributed by atoms with Gasteiger partial charge in [-0.1, -0.05) is 6.07 Å². The lowest BCUT2D eigenvalue weighted by molar-refractivity contribution is 0.422. The van der Waals surface area contributed by atoms with E-state index in [0.29, 0.717) is 6.54 Å². The molecule has 0 aliphatic rings. The molecule has 0 unspecified atom stereocenters. The van der Waals surface area contributed by atoms with Gasteiger partial charge in [0, 0.05) is 55.1 Å². The van der Waals surface area contributed by atoms with Crippen LogP contribution in [0.2, 0.25) is 0 Å². The number of pyridine rings is 2. The minimum Gasteiger partial charge on any atom is -0.494 e. The quantitative estimate of drug-likeness (QED) is 0.525. The van der Waals surface area contributed by atoms with Crippen molar-refractivity contribution >= 4 is 16.6 Å². The first kappa shape index (κ1) is 14.7. The van der Waals surface area contributed by atoms with E-state index in [1.54, 1.807) is 12.4 Å². The summed E-state index contributed by atoms with van der Waals surface area (Å²) in [5, 5.41) is 18.3. The number of aromatic nitrogens is 6. The van der Waals surface area contributed by atoms with E-state index in [9.17, 15) is 5.11 Å². The molecule has 5 aromatic heterocycles. The Hall–Kier alpha value is -3.61. The average Bonchev–Trinajstić information content (AvgIpc) is 3.39. The summed E-state index contributed by atoms with van der Waals surface area (Å²) in [7, 11) is 0. The van der Waals surface area contributed by atoms with Crippen molar-refractivity contribution < 1.29 is 5.11 Å². The Balaban J connectivity index is 1.49. The van der Waals surface area contributed by atoms with Gasteiger partial charge in [-0.25, -0.2) is 4.98 Å². The van der Waals surface area contributed by atoms with Crippen molar-refractivity contribution in [3.8, 4) is 17.0 Å². The van der Waals surface area contributed by atoms with Gasteiger partial charge in [0.25, 0.3) is 0 Å². The van der Waals surface area contributed by atoms with Crippen molar-refractivity contribution in [2.45, 2.75) is 13.0 Å². The number of rotatable bonds is 4. The van der Waals surface area contributed by atoms with Crippen LogP contribution in [0.1, 0.15) is 5.69 Å². The van der Waals surface area contributed by atoms with Crippen LogP contribution >= 0.6 is 0 Å². The molecule has 0 radical (unpaired) electrons. The molecule has 0 aliphatic carbocycles. The molecule has 0 fully saturated rings. The van der Waals surface area contributed by atoms with Crippen molar-refractivity contribution in [3.63, 3.8) is 0 Å². The van der Waals surface area contributed by atoms with Gasteiger partial charge in [-0.05, 0) is 18.2 Å². The maximum absolute atomic E-state index is 10.8. The number of imidazole rings is 1. The van der Waals surface area contributed by atoms with Gasteiger partial charge >= 0.3 is 0 Å². The molecule has 5 rings (SSSR count). The Morgan fingerprint density at radius 1 is 1.15 bits per heavy atom. The van der Waals surface area contributed by atoms with Crippen molar-refractivity contribution in [1.29, 1.82) is 0 Å². The Labute approximate surface area is 148 Å². The lowest BCUT2D eigenvalue weighted by atomic mass is 10.1. The molecule has 7 nitrogen and oxygen atoms in total. The molecule has 26 heavy (non-hydrogen) atoms. The molecule has 0 aliphatic heterocycles. The topological polar surface area (TPSA) is 84.0 Å². The summed E-state index contributed by atoms with van der Waals surface area (Å²) in [6.45, 7) is 0.622. The van der Waals surface area contributed by atoms with Gasteiger partial charge in [-0.15, -0.1) is 0 Å². The van der Waals surface area contributed by atoms with Crippen molar-refractivity contribution in [1.82, 2.24) is 29.1 Å². The van der Waals surface area contributed by atoms with E-state index in [2.05, 4.69) is 20.2 Å². The van der Waals surface area contributed by atoms with Crippen LogP contribution < -0.4 is 0 Å². The predicted molar refractivity (Wildman–Crippen MR) is 97.9 cm³/mol. The van der Waals surface area contributed by atoms with Gasteiger partial charge in [-0.3, -0.25) is 10.1 Å². The molecule has 2 N–H and O–H groups in total. The number of nitrogens with one attached hydrogen (secondary N) is 1. The van der Waals surface area contributed by atoms with Crippen LogP contribution in [0.5, 0.6) is 5.88 Å². The van der Waals surface area contributed by atoms with E-state index < -0.39 is 0 Å². The lowest BCUT2D eigenvalue weighted by Gasteiger charge is -2.04. The molecule has 0 saturated heterocycles. The number of fused-ring (bicyclic) bond motifs is 2. The first-order valence-electron chi connectivity index (χ1n) is 8.38. The molecule has 0 aromatic carbocycles. The highest BCUT2D eigenvalue weighted by Crippen LogP contribution is 2.34. The lowest BCUT2D eigenvalue weighted by Crippen LogP contribution is -1.99. The van der Waals surface area contributed by atoms with Crippen molar-refractivity contribution in [2.24, 2.45) is 0 Å². The van der Waals surface area contributed by atoms with Crippen LogP contribution in [0, 0.1) is 0 Å². The fourth-order valence-corrected chi connectivity index (χ4v) is 3.32. The van der Waals surface area contributed by atoms with Crippen molar-refractivity contribution in [3.05, 3.63) is 67.1 Å². The fourth-order valence-electron chi connectivity index (χ4n) is 3.32. The van der Waals surface area contributed by atoms with E-state index in [4.69, 9.17) is 0 Å². The summed E-state index contributed by atoms with van der Waals surface area (Å²) >= 11 is 0. The predicted octanol–water partition coefficient (Wildman–Crippen LogP) is 3.02. The smallest absolute Gasteiger partial charge is 0.201 e. The summed E-state index contributed by atoms with van der Waals surface area (Å²) in [5.74, 6) is 0.216. The van der Waals surface area contributed by atoms with Crippen LogP contribution in [-0.4, -0.2) is 34.2 Å². The van der Waals surface area contributed by atoms with Crippen LogP contribution in [0.3, 0.4) is 0 Å². The standard InChI is InChI=1S/C19H16N6O/c26-19-18-15(13-9-21-22-10-13)4-6-20-16(18)12-25(19)8-5-14-11-24-7-2-1-3-17(24)23-14/h1-4,6-7,9-12,26H,5,8H2,(H,21,22). The molecule has 5 heterocycles. The largest absolute Gasteiger partial charge is 0.494 e. The second kappa shape index (κ2) is 5.73. The molecular weight excluding hydrogens is 328 g/mol. The number of aryl methyl sites for hydroxylation is 2. The van der Waals surface area contributed by atoms with E-state index in [1.165, 1.54) is 0 Å². The summed E-state index contributed by atoms with van der Waals surface area (Å²) in [6, 6.07) is 7.82. The average molecular weight is 344 g/mol. The Bertz CT molecular complexity index is 1170. The molecular formula is C19H16N6O. The van der Waals surface area contributed by atoms with Crippen LogP contribution in [-0.2, 0) is 13.0 Å². The molecule has 5 aromatic rings. The highest BCUT2D eigenvalue weighted by Gasteiger charge is 2.15. The van der Waals surface area contributed by atoms with Gasteiger partial charge < -0.3 is 14.1 Å².